The van der Waals surface area contributed by atoms with E-state index >= 15 is 4.39 Å². The van der Waals surface area contributed by atoms with E-state index in [1.54, 1.807) is 19.1 Å². The Morgan fingerprint density at radius 2 is 2.00 bits per heavy atom. The zero-order valence-electron chi connectivity index (χ0n) is 15.7. The Balaban J connectivity index is 2.03. The minimum absolute atomic E-state index is 0.0288. The van der Waals surface area contributed by atoms with Crippen LogP contribution in [0.3, 0.4) is 0 Å². The third kappa shape index (κ3) is 4.16. The van der Waals surface area contributed by atoms with Gasteiger partial charge in [-0.05, 0) is 35.7 Å². The minimum atomic E-state index is -2.79. The normalized spacial score (nSPS) is 10.9. The van der Waals surface area contributed by atoms with Gasteiger partial charge in [0.15, 0.2) is 17.3 Å². The zero-order valence-corrected chi connectivity index (χ0v) is 15.7. The summed E-state index contributed by atoms with van der Waals surface area (Å²) in [6.07, 6.45) is -2.31. The molecule has 0 atom stereocenters. The van der Waals surface area contributed by atoms with Gasteiger partial charge in [0.05, 0.1) is 6.57 Å². The molecule has 29 heavy (non-hydrogen) atoms. The summed E-state index contributed by atoms with van der Waals surface area (Å²) in [5.74, 6) is -0.495. The molecule has 0 spiro atoms. The molecule has 0 bridgehead atoms. The predicted molar refractivity (Wildman–Crippen MR) is 100 cm³/mol. The number of aromatic nitrogens is 3. The van der Waals surface area contributed by atoms with Gasteiger partial charge >= 0.3 is 5.69 Å². The predicted octanol–water partition coefficient (Wildman–Crippen LogP) is 4.68. The monoisotopic (exact) mass is 402 g/mol. The summed E-state index contributed by atoms with van der Waals surface area (Å²) < 4.78 is 48.3. The van der Waals surface area contributed by atoms with Crippen molar-refractivity contribution in [3.8, 4) is 11.5 Å². The van der Waals surface area contributed by atoms with E-state index in [9.17, 15) is 13.6 Å². The van der Waals surface area contributed by atoms with E-state index in [1.807, 2.05) is 0 Å². The first-order chi connectivity index (χ1) is 13.8. The number of H-pyrrole nitrogens is 1. The molecule has 0 aliphatic heterocycles. The highest BCUT2D eigenvalue weighted by molar-refractivity contribution is 5.54. The molecule has 1 heterocycles. The largest absolute Gasteiger partial charge is 0.455 e. The van der Waals surface area contributed by atoms with Gasteiger partial charge < -0.3 is 4.74 Å². The van der Waals surface area contributed by atoms with Gasteiger partial charge in [0.2, 0.25) is 0 Å². The Labute approximate surface area is 164 Å². The highest BCUT2D eigenvalue weighted by Crippen LogP contribution is 2.35. The summed E-state index contributed by atoms with van der Waals surface area (Å²) in [6, 6.07) is 6.67. The van der Waals surface area contributed by atoms with Gasteiger partial charge in [-0.2, -0.15) is 5.10 Å². The van der Waals surface area contributed by atoms with Crippen LogP contribution in [-0.2, 0) is 19.9 Å². The fourth-order valence-corrected chi connectivity index (χ4v) is 2.84. The molecular weight excluding hydrogens is 385 g/mol. The molecule has 3 rings (SSSR count). The van der Waals surface area contributed by atoms with Gasteiger partial charge in [0.1, 0.15) is 11.6 Å². The Morgan fingerprint density at radius 1 is 1.28 bits per heavy atom. The molecule has 1 N–H and O–H groups in total. The number of nitrogens with zero attached hydrogens (tertiary/aromatic N) is 3. The van der Waals surface area contributed by atoms with Gasteiger partial charge in [-0.15, -0.1) is 0 Å². The number of benzene rings is 2. The van der Waals surface area contributed by atoms with Crippen LogP contribution in [0.15, 0.2) is 35.1 Å². The first-order valence-electron chi connectivity index (χ1n) is 8.73. The maximum atomic E-state index is 15.2. The number of halogens is 3. The lowest BCUT2D eigenvalue weighted by atomic mass is 10.0. The van der Waals surface area contributed by atoms with E-state index in [0.29, 0.717) is 17.8 Å². The average molecular weight is 402 g/mol. The van der Waals surface area contributed by atoms with Crippen molar-refractivity contribution in [3.05, 3.63) is 80.6 Å². The molecular formula is C20H17F3N4O2. The van der Waals surface area contributed by atoms with E-state index in [-0.39, 0.29) is 34.7 Å². The Kier molecular flexibility index (Phi) is 5.73. The molecule has 0 fully saturated rings. The fraction of sp³-hybridized carbons (Fsp3) is 0.250. The summed E-state index contributed by atoms with van der Waals surface area (Å²) in [4.78, 5) is 14.7. The van der Waals surface area contributed by atoms with Crippen LogP contribution in [0.1, 0.15) is 35.9 Å². The van der Waals surface area contributed by atoms with Crippen molar-refractivity contribution in [2.75, 3.05) is 0 Å². The number of nitrogens with one attached hydrogen (secondary N) is 1. The van der Waals surface area contributed by atoms with Crippen LogP contribution < -0.4 is 10.4 Å². The lowest BCUT2D eigenvalue weighted by molar-refractivity contribution is 0.151. The van der Waals surface area contributed by atoms with Crippen LogP contribution in [0.2, 0.25) is 0 Å². The molecule has 0 aliphatic rings. The maximum absolute atomic E-state index is 15.2. The molecule has 150 valence electrons. The number of hydrogen-bond donors (Lipinski definition) is 1. The minimum Gasteiger partial charge on any atom is -0.455 e. The van der Waals surface area contributed by atoms with Gasteiger partial charge in [-0.3, -0.25) is 4.57 Å². The summed E-state index contributed by atoms with van der Waals surface area (Å²) in [5.41, 5.74) is -0.0604. The second kappa shape index (κ2) is 8.22. The fourth-order valence-electron chi connectivity index (χ4n) is 2.84. The summed E-state index contributed by atoms with van der Waals surface area (Å²) >= 11 is 0. The van der Waals surface area contributed by atoms with Crippen LogP contribution in [-0.4, -0.2) is 14.8 Å². The number of aromatic amines is 1. The molecule has 0 radical (unpaired) electrons. The molecule has 1 aromatic heterocycles. The van der Waals surface area contributed by atoms with Crippen molar-refractivity contribution in [2.45, 2.75) is 26.2 Å². The van der Waals surface area contributed by atoms with Crippen LogP contribution >= 0.6 is 0 Å². The molecule has 2 aromatic carbocycles. The van der Waals surface area contributed by atoms with Crippen LogP contribution in [0.5, 0.6) is 11.5 Å². The topological polar surface area (TPSA) is 64.3 Å². The van der Waals surface area contributed by atoms with Crippen LogP contribution in [0, 0.1) is 12.4 Å². The first kappa shape index (κ1) is 20.2. The van der Waals surface area contributed by atoms with Gasteiger partial charge in [0, 0.05) is 19.0 Å². The summed E-state index contributed by atoms with van der Waals surface area (Å²) in [6.45, 7) is 8.88. The third-order valence-electron chi connectivity index (χ3n) is 4.48. The third-order valence-corrected chi connectivity index (χ3v) is 4.48. The molecule has 0 unspecified atom stereocenters. The van der Waals surface area contributed by atoms with E-state index in [1.165, 1.54) is 17.7 Å². The molecule has 3 aromatic rings. The highest BCUT2D eigenvalue weighted by Gasteiger charge is 2.19. The lowest BCUT2D eigenvalue weighted by Crippen LogP contribution is -2.15. The number of ether oxygens (including phenoxy) is 1. The van der Waals surface area contributed by atoms with Crippen molar-refractivity contribution < 1.29 is 17.9 Å². The Bertz CT molecular complexity index is 1150. The number of rotatable bonds is 6. The number of alkyl halides is 2. The standard InChI is InChI=1S/C20H17F3N4O2/c1-4-11-5-6-12(9-16-25-26-20(28)27(16)3)17(21)18(11)29-15-8-13(19(22)23)7-14(10-15)24-2/h5-8,10,19H,4,9H2,1,3H3,(H,26,28). The summed E-state index contributed by atoms with van der Waals surface area (Å²) in [5, 5.41) is 6.15. The number of aryl methyl sites for hydroxylation is 1. The van der Waals surface area contributed by atoms with Gasteiger partial charge in [0.25, 0.3) is 6.43 Å². The highest BCUT2D eigenvalue weighted by atomic mass is 19.3. The number of hydrogen-bond acceptors (Lipinski definition) is 3. The Morgan fingerprint density at radius 3 is 2.59 bits per heavy atom. The Hall–Kier alpha value is -3.54. The summed E-state index contributed by atoms with van der Waals surface area (Å²) in [7, 11) is 1.51. The van der Waals surface area contributed by atoms with Crippen molar-refractivity contribution in [1.29, 1.82) is 0 Å². The SMILES string of the molecule is [C-]#[N+]c1cc(Oc2c(CC)ccc(Cc3n[nH]c(=O)n3C)c2F)cc(C(F)F)c1. The molecule has 0 aliphatic carbocycles. The van der Waals surface area contributed by atoms with E-state index in [4.69, 9.17) is 11.3 Å². The first-order valence-corrected chi connectivity index (χ1v) is 8.73. The second-order valence-corrected chi connectivity index (χ2v) is 6.34. The second-order valence-electron chi connectivity index (χ2n) is 6.34. The molecule has 6 nitrogen and oxygen atoms in total. The zero-order chi connectivity index (χ0) is 21.1. The van der Waals surface area contributed by atoms with Gasteiger partial charge in [-0.1, -0.05) is 19.1 Å². The average Bonchev–Trinajstić information content (AvgIpc) is 3.02. The quantitative estimate of drug-likeness (QED) is 0.609. The van der Waals surface area contributed by atoms with Crippen LogP contribution in [0.25, 0.3) is 4.85 Å². The molecule has 0 amide bonds. The van der Waals surface area contributed by atoms with Gasteiger partial charge in [-0.25, -0.2) is 27.9 Å². The molecule has 0 saturated heterocycles. The molecule has 0 saturated carbocycles. The molecule has 9 heteroatoms. The van der Waals surface area contributed by atoms with Crippen molar-refractivity contribution in [2.24, 2.45) is 7.05 Å². The van der Waals surface area contributed by atoms with Crippen molar-refractivity contribution in [3.63, 3.8) is 0 Å². The lowest BCUT2D eigenvalue weighted by Gasteiger charge is -2.15. The van der Waals surface area contributed by atoms with E-state index < -0.39 is 17.9 Å². The smallest absolute Gasteiger partial charge is 0.343 e. The van der Waals surface area contributed by atoms with E-state index in [2.05, 4.69) is 15.0 Å². The van der Waals surface area contributed by atoms with Crippen molar-refractivity contribution >= 4 is 5.69 Å². The van der Waals surface area contributed by atoms with Crippen molar-refractivity contribution in [1.82, 2.24) is 14.8 Å². The van der Waals surface area contributed by atoms with Crippen LogP contribution in [0.4, 0.5) is 18.9 Å². The van der Waals surface area contributed by atoms with E-state index in [0.717, 1.165) is 12.1 Å². The maximum Gasteiger partial charge on any atom is 0.343 e.